The second-order valence-electron chi connectivity index (χ2n) is 7.48. The first kappa shape index (κ1) is 19.9. The van der Waals surface area contributed by atoms with Crippen molar-refractivity contribution in [3.05, 3.63) is 83.5 Å². The number of hydrogen-bond acceptors (Lipinski definition) is 4. The number of pyridine rings is 1. The standard InChI is InChI=1S/C24H25N5O/c1-17-15-27-24(29-23(17)19(14-25)20-10-5-6-13-26-20)28-21-11-7-12-22(21)30-16-18-8-3-2-4-9-18/h2-6,8-10,13,15,21-22H,7,11-12,16H2,1H3,(H2,27,28,29)/t21-,22-/m0/s1. The maximum absolute atomic E-state index is 9.74. The molecule has 0 bridgehead atoms. The second kappa shape index (κ2) is 9.38. The van der Waals surface area contributed by atoms with E-state index in [1.54, 1.807) is 6.20 Å². The largest absolute Gasteiger partial charge is 0.371 e. The van der Waals surface area contributed by atoms with Crippen LogP contribution in [0.1, 0.15) is 37.4 Å². The first-order valence-corrected chi connectivity index (χ1v) is 10.2. The van der Waals surface area contributed by atoms with Crippen LogP contribution in [0, 0.1) is 11.3 Å². The van der Waals surface area contributed by atoms with Crippen molar-refractivity contribution in [2.24, 2.45) is 4.99 Å². The number of aliphatic imine (C=N–C) groups is 1. The number of nitrogens with one attached hydrogen (secondary N) is 2. The fourth-order valence-electron chi connectivity index (χ4n) is 3.77. The predicted molar refractivity (Wildman–Crippen MR) is 117 cm³/mol. The number of aromatic nitrogens is 1. The Hall–Kier alpha value is -3.43. The Balaban J connectivity index is 1.51. The zero-order chi connectivity index (χ0) is 20.8. The molecule has 2 N–H and O–H groups in total. The fourth-order valence-corrected chi connectivity index (χ4v) is 3.77. The lowest BCUT2D eigenvalue weighted by Gasteiger charge is -2.24. The van der Waals surface area contributed by atoms with E-state index in [4.69, 9.17) is 9.73 Å². The molecule has 0 amide bonds. The predicted octanol–water partition coefficient (Wildman–Crippen LogP) is 3.91. The van der Waals surface area contributed by atoms with Crippen molar-refractivity contribution in [3.63, 3.8) is 0 Å². The molecule has 0 radical (unpaired) electrons. The third-order valence-electron chi connectivity index (χ3n) is 5.37. The van der Waals surface area contributed by atoms with Gasteiger partial charge in [-0.1, -0.05) is 36.4 Å². The smallest absolute Gasteiger partial charge is 0.200 e. The molecule has 1 aromatic heterocycles. The van der Waals surface area contributed by atoms with Crippen LogP contribution in [-0.4, -0.2) is 23.1 Å². The maximum atomic E-state index is 9.74. The summed E-state index contributed by atoms with van der Waals surface area (Å²) in [5.74, 6) is 0.638. The molecular weight excluding hydrogens is 374 g/mol. The van der Waals surface area contributed by atoms with Crippen molar-refractivity contribution in [2.45, 2.75) is 44.9 Å². The van der Waals surface area contributed by atoms with Gasteiger partial charge in [0.25, 0.3) is 0 Å². The Labute approximate surface area is 177 Å². The minimum Gasteiger partial charge on any atom is -0.371 e. The quantitative estimate of drug-likeness (QED) is 0.745. The van der Waals surface area contributed by atoms with Crippen molar-refractivity contribution in [3.8, 4) is 6.07 Å². The molecule has 152 valence electrons. The Kier molecular flexibility index (Phi) is 6.21. The summed E-state index contributed by atoms with van der Waals surface area (Å²) >= 11 is 0. The van der Waals surface area contributed by atoms with E-state index in [9.17, 15) is 5.26 Å². The van der Waals surface area contributed by atoms with Gasteiger partial charge >= 0.3 is 0 Å². The molecular formula is C24H25N5O. The molecule has 2 atom stereocenters. The second-order valence-corrected chi connectivity index (χ2v) is 7.48. The number of nitriles is 1. The molecule has 2 aliphatic rings. The highest BCUT2D eigenvalue weighted by atomic mass is 16.5. The van der Waals surface area contributed by atoms with Crippen LogP contribution in [0.5, 0.6) is 0 Å². The summed E-state index contributed by atoms with van der Waals surface area (Å²) in [6, 6.07) is 18.1. The molecule has 4 rings (SSSR count). The van der Waals surface area contributed by atoms with Gasteiger partial charge in [0.2, 0.25) is 0 Å². The summed E-state index contributed by atoms with van der Waals surface area (Å²) in [4.78, 5) is 9.21. The van der Waals surface area contributed by atoms with Gasteiger partial charge in [0.1, 0.15) is 11.6 Å². The molecule has 1 fully saturated rings. The lowest BCUT2D eigenvalue weighted by molar-refractivity contribution is 0.0361. The average Bonchev–Trinajstić information content (AvgIpc) is 3.23. The SMILES string of the molecule is CC1=CNC(=N[C@H]2CCC[C@@H]2OCc2ccccc2)NC1=C(C#N)c1ccccn1. The van der Waals surface area contributed by atoms with Crippen molar-refractivity contribution < 1.29 is 4.74 Å². The Bertz CT molecular complexity index is 1000. The monoisotopic (exact) mass is 399 g/mol. The van der Waals surface area contributed by atoms with Gasteiger partial charge in [-0.2, -0.15) is 5.26 Å². The minimum absolute atomic E-state index is 0.0807. The Morgan fingerprint density at radius 2 is 2.03 bits per heavy atom. The van der Waals surface area contributed by atoms with Gasteiger partial charge in [0.05, 0.1) is 30.1 Å². The zero-order valence-corrected chi connectivity index (χ0v) is 17.0. The number of ether oxygens (including phenoxy) is 1. The van der Waals surface area contributed by atoms with Crippen molar-refractivity contribution in [1.82, 2.24) is 15.6 Å². The molecule has 0 saturated heterocycles. The molecule has 1 aromatic carbocycles. The van der Waals surface area contributed by atoms with Gasteiger partial charge in [0, 0.05) is 12.4 Å². The molecule has 2 heterocycles. The van der Waals surface area contributed by atoms with E-state index < -0.39 is 0 Å². The Morgan fingerprint density at radius 1 is 1.20 bits per heavy atom. The van der Waals surface area contributed by atoms with Crippen LogP contribution >= 0.6 is 0 Å². The highest BCUT2D eigenvalue weighted by Crippen LogP contribution is 2.27. The molecule has 6 nitrogen and oxygen atoms in total. The van der Waals surface area contributed by atoms with Crippen LogP contribution in [0.25, 0.3) is 5.57 Å². The van der Waals surface area contributed by atoms with Crippen molar-refractivity contribution in [1.29, 1.82) is 5.26 Å². The molecule has 6 heteroatoms. The van der Waals surface area contributed by atoms with Gasteiger partial charge in [-0.25, -0.2) is 4.99 Å². The summed E-state index contributed by atoms with van der Waals surface area (Å²) in [5.41, 5.74) is 3.97. The van der Waals surface area contributed by atoms with E-state index in [1.807, 2.05) is 49.5 Å². The number of hydrogen-bond donors (Lipinski definition) is 2. The summed E-state index contributed by atoms with van der Waals surface area (Å²) in [6.07, 6.45) is 6.74. The third-order valence-corrected chi connectivity index (χ3v) is 5.37. The molecule has 1 aliphatic carbocycles. The lowest BCUT2D eigenvalue weighted by atomic mass is 10.1. The van der Waals surface area contributed by atoms with Crippen LogP contribution in [0.2, 0.25) is 0 Å². The molecule has 30 heavy (non-hydrogen) atoms. The van der Waals surface area contributed by atoms with E-state index in [0.717, 1.165) is 30.5 Å². The summed E-state index contributed by atoms with van der Waals surface area (Å²) in [5, 5.41) is 16.3. The Morgan fingerprint density at radius 3 is 2.80 bits per heavy atom. The van der Waals surface area contributed by atoms with Gasteiger partial charge < -0.3 is 15.4 Å². The zero-order valence-electron chi connectivity index (χ0n) is 17.0. The van der Waals surface area contributed by atoms with Crippen LogP contribution < -0.4 is 10.6 Å². The minimum atomic E-state index is 0.0807. The first-order chi connectivity index (χ1) is 14.7. The topological polar surface area (TPSA) is 82.3 Å². The van der Waals surface area contributed by atoms with Gasteiger partial charge in [-0.3, -0.25) is 4.98 Å². The van der Waals surface area contributed by atoms with Crippen molar-refractivity contribution in [2.75, 3.05) is 0 Å². The number of nitrogens with zero attached hydrogens (tertiary/aromatic N) is 3. The molecule has 2 aromatic rings. The van der Waals surface area contributed by atoms with E-state index in [0.29, 0.717) is 23.8 Å². The van der Waals surface area contributed by atoms with E-state index >= 15 is 0 Å². The van der Waals surface area contributed by atoms with Crippen molar-refractivity contribution >= 4 is 11.5 Å². The third kappa shape index (κ3) is 4.58. The van der Waals surface area contributed by atoms with Crippen LogP contribution in [0.15, 0.2) is 77.2 Å². The number of allylic oxidation sites excluding steroid dienone is 2. The number of rotatable bonds is 5. The summed E-state index contributed by atoms with van der Waals surface area (Å²) in [6.45, 7) is 2.55. The van der Waals surface area contributed by atoms with Crippen LogP contribution in [0.4, 0.5) is 0 Å². The highest BCUT2D eigenvalue weighted by molar-refractivity contribution is 5.91. The van der Waals surface area contributed by atoms with E-state index in [1.165, 1.54) is 5.56 Å². The number of guanidine groups is 1. The number of benzene rings is 1. The fraction of sp³-hybridized carbons (Fsp3) is 0.292. The summed E-state index contributed by atoms with van der Waals surface area (Å²) < 4.78 is 6.18. The lowest BCUT2D eigenvalue weighted by Crippen LogP contribution is -2.40. The summed E-state index contributed by atoms with van der Waals surface area (Å²) in [7, 11) is 0. The van der Waals surface area contributed by atoms with Crippen LogP contribution in [0.3, 0.4) is 0 Å². The molecule has 1 aliphatic heterocycles. The maximum Gasteiger partial charge on any atom is 0.200 e. The van der Waals surface area contributed by atoms with E-state index in [-0.39, 0.29) is 12.1 Å². The molecule has 1 saturated carbocycles. The van der Waals surface area contributed by atoms with Gasteiger partial charge in [0.15, 0.2) is 5.96 Å². The van der Waals surface area contributed by atoms with E-state index in [2.05, 4.69) is 33.8 Å². The highest BCUT2D eigenvalue weighted by Gasteiger charge is 2.29. The van der Waals surface area contributed by atoms with Crippen LogP contribution in [-0.2, 0) is 11.3 Å². The average molecular weight is 399 g/mol. The molecule has 0 spiro atoms. The molecule has 0 unspecified atom stereocenters. The first-order valence-electron chi connectivity index (χ1n) is 10.2. The van der Waals surface area contributed by atoms with Gasteiger partial charge in [-0.05, 0) is 49.5 Å². The van der Waals surface area contributed by atoms with Gasteiger partial charge in [-0.15, -0.1) is 0 Å². The normalized spacial score (nSPS) is 23.9.